The van der Waals surface area contributed by atoms with Gasteiger partial charge in [-0.25, -0.2) is 9.98 Å². The normalized spacial score (nSPS) is 10.9. The first-order chi connectivity index (χ1) is 18.2. The van der Waals surface area contributed by atoms with Crippen LogP contribution in [0.5, 0.6) is 0 Å². The maximum atomic E-state index is 10.7. The largest absolute Gasteiger partial charge is 0.392 e. The lowest BCUT2D eigenvalue weighted by Crippen LogP contribution is -2.35. The van der Waals surface area contributed by atoms with Crippen LogP contribution < -0.4 is 16.2 Å². The highest BCUT2D eigenvalue weighted by atomic mass is 32.2. The van der Waals surface area contributed by atoms with Crippen LogP contribution in [0.25, 0.3) is 10.9 Å². The van der Waals surface area contributed by atoms with Gasteiger partial charge in [0.1, 0.15) is 5.84 Å². The highest BCUT2D eigenvalue weighted by molar-refractivity contribution is 7.99. The third kappa shape index (κ3) is 7.52. The number of hydrogen-bond donors (Lipinski definition) is 4. The second-order valence-corrected chi connectivity index (χ2v) is 8.60. The summed E-state index contributed by atoms with van der Waals surface area (Å²) in [4.78, 5) is 26.7. The summed E-state index contributed by atoms with van der Waals surface area (Å²) >= 11 is 1.62. The smallest absolute Gasteiger partial charge is 0.225 e. The number of nitrogens with one attached hydrogen (secondary N) is 3. The van der Waals surface area contributed by atoms with E-state index in [1.807, 2.05) is 81.4 Å². The topological polar surface area (TPSA) is 112 Å². The van der Waals surface area contributed by atoms with E-state index in [9.17, 15) is 9.90 Å². The average molecular weight is 517 g/mol. The second-order valence-electron chi connectivity index (χ2n) is 7.52. The molecule has 0 radical (unpaired) electrons. The van der Waals surface area contributed by atoms with Crippen LogP contribution in [0.15, 0.2) is 87.6 Å². The molecular weight excluding hydrogens is 484 g/mol. The number of benzene rings is 3. The van der Waals surface area contributed by atoms with E-state index in [-0.39, 0.29) is 6.61 Å². The minimum absolute atomic E-state index is 0.00517. The molecule has 1 heterocycles. The number of aliphatic hydroxyl groups excluding tert-OH is 1. The lowest BCUT2D eigenvalue weighted by atomic mass is 10.2. The Kier molecular flexibility index (Phi) is 10.9. The number of anilines is 1. The molecule has 0 unspecified atom stereocenters. The van der Waals surface area contributed by atoms with Gasteiger partial charge in [-0.15, -0.1) is 0 Å². The van der Waals surface area contributed by atoms with E-state index in [0.29, 0.717) is 37.0 Å². The van der Waals surface area contributed by atoms with E-state index in [1.165, 1.54) is 0 Å². The van der Waals surface area contributed by atoms with Crippen LogP contribution in [0.3, 0.4) is 0 Å². The summed E-state index contributed by atoms with van der Waals surface area (Å²) < 4.78 is 0. The molecule has 4 rings (SSSR count). The molecule has 0 atom stereocenters. The van der Waals surface area contributed by atoms with E-state index in [0.717, 1.165) is 31.8 Å². The third-order valence-corrected chi connectivity index (χ3v) is 6.44. The quantitative estimate of drug-likeness (QED) is 0.0939. The third-order valence-electron chi connectivity index (χ3n) is 5.21. The first-order valence-corrected chi connectivity index (χ1v) is 13.0. The Labute approximate surface area is 221 Å². The summed E-state index contributed by atoms with van der Waals surface area (Å²) in [6.07, 6.45) is 1.15. The average Bonchev–Trinajstić information content (AvgIpc) is 2.96. The van der Waals surface area contributed by atoms with E-state index >= 15 is 0 Å². The van der Waals surface area contributed by atoms with Gasteiger partial charge in [0.2, 0.25) is 12.4 Å². The molecule has 0 saturated carbocycles. The molecule has 1 amide bonds. The van der Waals surface area contributed by atoms with Crippen LogP contribution in [0, 0.1) is 0 Å². The molecule has 3 aromatic carbocycles. The molecule has 0 aliphatic rings. The van der Waals surface area contributed by atoms with Crippen molar-refractivity contribution in [3.05, 3.63) is 83.9 Å². The van der Waals surface area contributed by atoms with Crippen LogP contribution in [-0.2, 0) is 17.9 Å². The number of carbonyl (C=O) groups is 1. The number of hydrazine groups is 1. The van der Waals surface area contributed by atoms with Gasteiger partial charge in [0, 0.05) is 28.1 Å². The number of para-hydroxylation sites is 1. The van der Waals surface area contributed by atoms with E-state index < -0.39 is 0 Å². The number of amidine groups is 1. The molecule has 0 saturated heterocycles. The van der Waals surface area contributed by atoms with Gasteiger partial charge in [-0.1, -0.05) is 81.1 Å². The Morgan fingerprint density at radius 3 is 2.30 bits per heavy atom. The van der Waals surface area contributed by atoms with Gasteiger partial charge >= 0.3 is 0 Å². The minimum atomic E-state index is -0.00517. The molecule has 0 aliphatic heterocycles. The van der Waals surface area contributed by atoms with Crippen molar-refractivity contribution in [3.8, 4) is 0 Å². The summed E-state index contributed by atoms with van der Waals surface area (Å²) in [6, 6.07) is 23.6. The van der Waals surface area contributed by atoms with Crippen LogP contribution in [0.4, 0.5) is 11.8 Å². The predicted octanol–water partition coefficient (Wildman–Crippen LogP) is 5.60. The summed E-state index contributed by atoms with van der Waals surface area (Å²) in [6.45, 7) is 6.44. The molecule has 4 aromatic rings. The molecule has 0 fully saturated rings. The Hall–Kier alpha value is -3.95. The monoisotopic (exact) mass is 516 g/mol. The Balaban J connectivity index is 0.00000186. The molecular formula is C28H32N6O2S. The highest BCUT2D eigenvalue weighted by Gasteiger charge is 2.11. The van der Waals surface area contributed by atoms with E-state index in [2.05, 4.69) is 43.3 Å². The van der Waals surface area contributed by atoms with Crippen molar-refractivity contribution in [1.29, 1.82) is 0 Å². The Morgan fingerprint density at radius 1 is 0.946 bits per heavy atom. The first kappa shape index (κ1) is 27.6. The second kappa shape index (κ2) is 14.6. The van der Waals surface area contributed by atoms with E-state index in [4.69, 9.17) is 0 Å². The SMILES string of the molecule is CC.CCC(=Nc1nc(NCc2ccccc2Sc2ccccc2CO)nc2ccccc12)NNC=O. The van der Waals surface area contributed by atoms with Gasteiger partial charge in [0.25, 0.3) is 0 Å². The molecule has 0 spiro atoms. The van der Waals surface area contributed by atoms with Crippen LogP contribution in [-0.4, -0.2) is 27.3 Å². The summed E-state index contributed by atoms with van der Waals surface area (Å²) in [5.74, 6) is 1.54. The molecule has 1 aromatic heterocycles. The zero-order chi connectivity index (χ0) is 26.5. The van der Waals surface area contributed by atoms with E-state index in [1.54, 1.807) is 11.8 Å². The Morgan fingerprint density at radius 2 is 1.59 bits per heavy atom. The number of carbonyl (C=O) groups excluding carboxylic acids is 1. The maximum absolute atomic E-state index is 10.7. The number of aliphatic imine (C=N–C) groups is 1. The number of rotatable bonds is 10. The molecule has 8 nitrogen and oxygen atoms in total. The zero-order valence-corrected chi connectivity index (χ0v) is 22.0. The first-order valence-electron chi connectivity index (χ1n) is 12.2. The molecule has 4 N–H and O–H groups in total. The summed E-state index contributed by atoms with van der Waals surface area (Å²) in [7, 11) is 0. The van der Waals surface area contributed by atoms with Crippen LogP contribution in [0.1, 0.15) is 38.3 Å². The van der Waals surface area contributed by atoms with Gasteiger partial charge in [0.05, 0.1) is 12.1 Å². The van der Waals surface area contributed by atoms with Crippen molar-refractivity contribution >= 4 is 46.7 Å². The fourth-order valence-electron chi connectivity index (χ4n) is 3.44. The minimum Gasteiger partial charge on any atom is -0.392 e. The Bertz CT molecular complexity index is 1350. The zero-order valence-electron chi connectivity index (χ0n) is 21.2. The maximum Gasteiger partial charge on any atom is 0.225 e. The van der Waals surface area contributed by atoms with Crippen molar-refractivity contribution in [2.75, 3.05) is 5.32 Å². The molecule has 37 heavy (non-hydrogen) atoms. The molecule has 9 heteroatoms. The number of aromatic nitrogens is 2. The van der Waals surface area contributed by atoms with Crippen LogP contribution >= 0.6 is 11.8 Å². The van der Waals surface area contributed by atoms with Crippen molar-refractivity contribution < 1.29 is 9.90 Å². The standard InChI is InChI=1S/C26H26N6O2S.C2H6/c1-2-24(32-28-17-34)30-25-20-11-5-6-12-21(20)29-26(31-25)27-15-18-9-3-7-13-22(18)35-23-14-8-4-10-19(23)16-33;1-2/h3-14,17,33H,2,15-16H2,1H3,(H,28,34)(H2,27,29,30,31,32);1-2H3. The van der Waals surface area contributed by atoms with Gasteiger partial charge in [0.15, 0.2) is 5.82 Å². The fourth-order valence-corrected chi connectivity index (χ4v) is 4.50. The van der Waals surface area contributed by atoms with Crippen molar-refractivity contribution in [1.82, 2.24) is 20.8 Å². The predicted molar refractivity (Wildman–Crippen MR) is 151 cm³/mol. The molecule has 0 bridgehead atoms. The molecule has 192 valence electrons. The highest BCUT2D eigenvalue weighted by Crippen LogP contribution is 2.33. The van der Waals surface area contributed by atoms with Gasteiger partial charge < -0.3 is 10.4 Å². The number of aliphatic hydroxyl groups is 1. The van der Waals surface area contributed by atoms with Gasteiger partial charge in [-0.05, 0) is 35.4 Å². The number of fused-ring (bicyclic) bond motifs is 1. The van der Waals surface area contributed by atoms with Crippen molar-refractivity contribution in [2.24, 2.45) is 4.99 Å². The van der Waals surface area contributed by atoms with Crippen molar-refractivity contribution in [2.45, 2.75) is 50.1 Å². The van der Waals surface area contributed by atoms with Crippen LogP contribution in [0.2, 0.25) is 0 Å². The lowest BCUT2D eigenvalue weighted by molar-refractivity contribution is -0.110. The summed E-state index contributed by atoms with van der Waals surface area (Å²) in [5, 5.41) is 13.8. The number of hydrogen-bond acceptors (Lipinski definition) is 7. The lowest BCUT2D eigenvalue weighted by Gasteiger charge is -2.13. The van der Waals surface area contributed by atoms with Gasteiger partial charge in [-0.3, -0.25) is 15.6 Å². The molecule has 0 aliphatic carbocycles. The summed E-state index contributed by atoms with van der Waals surface area (Å²) in [5.41, 5.74) is 7.95. The van der Waals surface area contributed by atoms with Gasteiger partial charge in [-0.2, -0.15) is 4.98 Å². The van der Waals surface area contributed by atoms with Crippen molar-refractivity contribution in [3.63, 3.8) is 0 Å². The number of nitrogens with zero attached hydrogens (tertiary/aromatic N) is 3. The number of amides is 1. The fraction of sp³-hybridized carbons (Fsp3) is 0.214.